The van der Waals surface area contributed by atoms with E-state index in [2.05, 4.69) is 10.6 Å². The van der Waals surface area contributed by atoms with Crippen LogP contribution in [0.25, 0.3) is 0 Å². The van der Waals surface area contributed by atoms with Gasteiger partial charge in [-0.25, -0.2) is 0 Å². The molecule has 2 N–H and O–H groups in total. The number of likely N-dealkylation sites (N-methyl/N-ethyl adjacent to an activating group) is 1. The highest BCUT2D eigenvalue weighted by atomic mass is 16.2. The second-order valence-corrected chi connectivity index (χ2v) is 4.75. The lowest BCUT2D eigenvalue weighted by Gasteiger charge is -2.23. The van der Waals surface area contributed by atoms with Gasteiger partial charge in [-0.15, -0.1) is 0 Å². The monoisotopic (exact) mass is 241 g/mol. The summed E-state index contributed by atoms with van der Waals surface area (Å²) in [7, 11) is 3.36. The third-order valence-electron chi connectivity index (χ3n) is 3.07. The van der Waals surface area contributed by atoms with Crippen LogP contribution in [0.4, 0.5) is 0 Å². The Labute approximate surface area is 103 Å². The fourth-order valence-electron chi connectivity index (χ4n) is 1.90. The molecule has 17 heavy (non-hydrogen) atoms. The topological polar surface area (TPSA) is 61.4 Å². The minimum absolute atomic E-state index is 0.0347. The number of carbonyl (C=O) groups is 2. The van der Waals surface area contributed by atoms with Crippen LogP contribution in [0.15, 0.2) is 0 Å². The zero-order chi connectivity index (χ0) is 12.7. The van der Waals surface area contributed by atoms with Gasteiger partial charge in [-0.05, 0) is 25.8 Å². The Balaban J connectivity index is 2.10. The molecule has 98 valence electrons. The van der Waals surface area contributed by atoms with E-state index in [1.807, 2.05) is 0 Å². The average Bonchev–Trinajstić information content (AvgIpc) is 2.34. The Morgan fingerprint density at radius 2 is 2.12 bits per heavy atom. The van der Waals surface area contributed by atoms with Gasteiger partial charge < -0.3 is 15.5 Å². The zero-order valence-electron chi connectivity index (χ0n) is 10.8. The van der Waals surface area contributed by atoms with Gasteiger partial charge in [-0.1, -0.05) is 6.42 Å². The molecule has 0 aliphatic carbocycles. The Morgan fingerprint density at radius 3 is 2.71 bits per heavy atom. The summed E-state index contributed by atoms with van der Waals surface area (Å²) in [5, 5.41) is 6.05. The predicted octanol–water partition coefficient (Wildman–Crippen LogP) is 0.113. The third kappa shape index (κ3) is 5.68. The summed E-state index contributed by atoms with van der Waals surface area (Å²) in [6.45, 7) is 1.16. The first kappa shape index (κ1) is 14.0. The average molecular weight is 241 g/mol. The van der Waals surface area contributed by atoms with Crippen LogP contribution in [0.1, 0.15) is 32.1 Å². The fourth-order valence-corrected chi connectivity index (χ4v) is 1.90. The number of amides is 2. The standard InChI is InChI=1S/C12H23N3O2/c1-15(2)12(17)9-14-11(16)7-6-10-5-3-4-8-13-10/h10,13H,3-9H2,1-2H3,(H,14,16). The smallest absolute Gasteiger partial charge is 0.241 e. The Kier molecular flexibility index (Phi) is 5.97. The molecule has 0 aromatic carbocycles. The molecule has 1 saturated heterocycles. The number of piperidine rings is 1. The Hall–Kier alpha value is -1.10. The van der Waals surface area contributed by atoms with Gasteiger partial charge in [-0.3, -0.25) is 9.59 Å². The minimum atomic E-state index is -0.0749. The van der Waals surface area contributed by atoms with E-state index in [-0.39, 0.29) is 18.4 Å². The summed E-state index contributed by atoms with van der Waals surface area (Å²) in [4.78, 5) is 24.2. The van der Waals surface area contributed by atoms with Gasteiger partial charge in [0, 0.05) is 26.6 Å². The summed E-state index contributed by atoms with van der Waals surface area (Å²) in [6.07, 6.45) is 5.00. The maximum absolute atomic E-state index is 11.5. The van der Waals surface area contributed by atoms with Crippen molar-refractivity contribution in [2.24, 2.45) is 0 Å². The van der Waals surface area contributed by atoms with Crippen molar-refractivity contribution < 1.29 is 9.59 Å². The quantitative estimate of drug-likeness (QED) is 0.718. The SMILES string of the molecule is CN(C)C(=O)CNC(=O)CCC1CCCCN1. The van der Waals surface area contributed by atoms with Crippen LogP contribution in [-0.4, -0.2) is 49.9 Å². The lowest BCUT2D eigenvalue weighted by Crippen LogP contribution is -2.38. The van der Waals surface area contributed by atoms with E-state index >= 15 is 0 Å². The number of nitrogens with one attached hydrogen (secondary N) is 2. The van der Waals surface area contributed by atoms with Crippen molar-refractivity contribution in [1.29, 1.82) is 0 Å². The number of hydrogen-bond acceptors (Lipinski definition) is 3. The van der Waals surface area contributed by atoms with E-state index < -0.39 is 0 Å². The first-order chi connectivity index (χ1) is 8.09. The van der Waals surface area contributed by atoms with Crippen molar-refractivity contribution >= 4 is 11.8 Å². The second kappa shape index (κ2) is 7.27. The van der Waals surface area contributed by atoms with E-state index in [0.29, 0.717) is 12.5 Å². The minimum Gasteiger partial charge on any atom is -0.347 e. The number of rotatable bonds is 5. The molecule has 5 nitrogen and oxygen atoms in total. The first-order valence-corrected chi connectivity index (χ1v) is 6.30. The molecule has 0 aromatic rings. The zero-order valence-corrected chi connectivity index (χ0v) is 10.8. The molecule has 1 unspecified atom stereocenters. The van der Waals surface area contributed by atoms with Crippen molar-refractivity contribution in [2.45, 2.75) is 38.1 Å². The summed E-state index contributed by atoms with van der Waals surface area (Å²) >= 11 is 0. The largest absolute Gasteiger partial charge is 0.347 e. The van der Waals surface area contributed by atoms with Crippen LogP contribution in [0.3, 0.4) is 0 Å². The Bertz CT molecular complexity index is 260. The number of hydrogen-bond donors (Lipinski definition) is 2. The highest BCUT2D eigenvalue weighted by molar-refractivity contribution is 5.84. The van der Waals surface area contributed by atoms with Gasteiger partial charge in [0.05, 0.1) is 6.54 Å². The van der Waals surface area contributed by atoms with Crippen LogP contribution in [0, 0.1) is 0 Å². The second-order valence-electron chi connectivity index (χ2n) is 4.75. The molecule has 0 bridgehead atoms. The molecular weight excluding hydrogens is 218 g/mol. The maximum atomic E-state index is 11.5. The summed E-state index contributed by atoms with van der Waals surface area (Å²) in [5.74, 6) is -0.110. The van der Waals surface area contributed by atoms with Gasteiger partial charge in [0.2, 0.25) is 11.8 Å². The van der Waals surface area contributed by atoms with Gasteiger partial charge in [-0.2, -0.15) is 0 Å². The molecule has 5 heteroatoms. The van der Waals surface area contributed by atoms with Gasteiger partial charge in [0.25, 0.3) is 0 Å². The highest BCUT2D eigenvalue weighted by Gasteiger charge is 2.14. The summed E-state index contributed by atoms with van der Waals surface area (Å²) in [6, 6.07) is 0.471. The van der Waals surface area contributed by atoms with Crippen molar-refractivity contribution in [3.05, 3.63) is 0 Å². The normalized spacial score (nSPS) is 19.8. The van der Waals surface area contributed by atoms with Crippen LogP contribution < -0.4 is 10.6 Å². The van der Waals surface area contributed by atoms with Gasteiger partial charge in [0.1, 0.15) is 0 Å². The van der Waals surface area contributed by atoms with E-state index in [9.17, 15) is 9.59 Å². The van der Waals surface area contributed by atoms with Gasteiger partial charge in [0.15, 0.2) is 0 Å². The molecule has 0 aromatic heterocycles. The van der Waals surface area contributed by atoms with E-state index in [4.69, 9.17) is 0 Å². The first-order valence-electron chi connectivity index (χ1n) is 6.30. The molecule has 1 atom stereocenters. The highest BCUT2D eigenvalue weighted by Crippen LogP contribution is 2.11. The van der Waals surface area contributed by atoms with Crippen molar-refractivity contribution in [1.82, 2.24) is 15.5 Å². The maximum Gasteiger partial charge on any atom is 0.241 e. The molecular formula is C12H23N3O2. The van der Waals surface area contributed by atoms with Crippen molar-refractivity contribution in [2.75, 3.05) is 27.2 Å². The van der Waals surface area contributed by atoms with E-state index in [1.54, 1.807) is 14.1 Å². The Morgan fingerprint density at radius 1 is 1.35 bits per heavy atom. The summed E-state index contributed by atoms with van der Waals surface area (Å²) < 4.78 is 0. The number of nitrogens with zero attached hydrogens (tertiary/aromatic N) is 1. The molecule has 2 amide bonds. The molecule has 0 saturated carbocycles. The fraction of sp³-hybridized carbons (Fsp3) is 0.833. The van der Waals surface area contributed by atoms with Gasteiger partial charge >= 0.3 is 0 Å². The molecule has 1 fully saturated rings. The lowest BCUT2D eigenvalue weighted by atomic mass is 10.0. The van der Waals surface area contributed by atoms with E-state index in [1.165, 1.54) is 17.7 Å². The van der Waals surface area contributed by atoms with Crippen LogP contribution in [-0.2, 0) is 9.59 Å². The molecule has 0 radical (unpaired) electrons. The molecule has 1 aliphatic rings. The van der Waals surface area contributed by atoms with Crippen molar-refractivity contribution in [3.8, 4) is 0 Å². The molecule has 0 spiro atoms. The summed E-state index contributed by atoms with van der Waals surface area (Å²) in [5.41, 5.74) is 0. The number of carbonyl (C=O) groups excluding carboxylic acids is 2. The van der Waals surface area contributed by atoms with Crippen LogP contribution >= 0.6 is 0 Å². The van der Waals surface area contributed by atoms with Crippen LogP contribution in [0.2, 0.25) is 0 Å². The molecule has 1 rings (SSSR count). The molecule has 1 heterocycles. The lowest BCUT2D eigenvalue weighted by molar-refractivity contribution is -0.130. The van der Waals surface area contributed by atoms with E-state index in [0.717, 1.165) is 19.4 Å². The van der Waals surface area contributed by atoms with Crippen molar-refractivity contribution in [3.63, 3.8) is 0 Å². The van der Waals surface area contributed by atoms with Crippen LogP contribution in [0.5, 0.6) is 0 Å². The molecule has 1 aliphatic heterocycles. The predicted molar refractivity (Wildman–Crippen MR) is 66.6 cm³/mol. The third-order valence-corrected chi connectivity index (χ3v) is 3.07.